The fourth-order valence-electron chi connectivity index (χ4n) is 0.864. The molecule has 1 aliphatic heterocycles. The first-order valence-corrected chi connectivity index (χ1v) is 4.04. The quantitative estimate of drug-likeness (QED) is 0.517. The Balaban J connectivity index is 0.000000561. The molecule has 0 unspecified atom stereocenters. The van der Waals surface area contributed by atoms with Gasteiger partial charge in [0, 0.05) is 7.05 Å². The number of amides is 2. The van der Waals surface area contributed by atoms with E-state index in [9.17, 15) is 14.0 Å². The van der Waals surface area contributed by atoms with Gasteiger partial charge in [-0.25, -0.2) is 4.39 Å². The number of imide groups is 1. The van der Waals surface area contributed by atoms with Crippen LogP contribution in [0.15, 0.2) is 0 Å². The Bertz CT molecular complexity index is 164. The lowest BCUT2D eigenvalue weighted by atomic mass is 10.1. The summed E-state index contributed by atoms with van der Waals surface area (Å²) in [7, 11) is 1.37. The van der Waals surface area contributed by atoms with Crippen LogP contribution in [0.1, 0.15) is 26.7 Å². The molecule has 1 fully saturated rings. The third kappa shape index (κ3) is 2.60. The summed E-state index contributed by atoms with van der Waals surface area (Å²) in [6, 6.07) is 0. The SMILES string of the molecule is CC.CN1C(=O)CC(F)CC1=O. The maximum atomic E-state index is 12.4. The lowest BCUT2D eigenvalue weighted by Crippen LogP contribution is -2.40. The van der Waals surface area contributed by atoms with Gasteiger partial charge in [-0.15, -0.1) is 0 Å². The normalized spacial score (nSPS) is 18.8. The number of carbonyl (C=O) groups excluding carboxylic acids is 2. The van der Waals surface area contributed by atoms with Gasteiger partial charge in [-0.3, -0.25) is 14.5 Å². The highest BCUT2D eigenvalue weighted by Crippen LogP contribution is 2.13. The molecule has 0 aromatic rings. The summed E-state index contributed by atoms with van der Waals surface area (Å²) in [6.07, 6.45) is -1.57. The van der Waals surface area contributed by atoms with Crippen LogP contribution in [0.25, 0.3) is 0 Å². The number of halogens is 1. The van der Waals surface area contributed by atoms with Crippen LogP contribution in [-0.4, -0.2) is 29.9 Å². The van der Waals surface area contributed by atoms with Gasteiger partial charge >= 0.3 is 0 Å². The van der Waals surface area contributed by atoms with E-state index in [4.69, 9.17) is 0 Å². The van der Waals surface area contributed by atoms with Crippen LogP contribution >= 0.6 is 0 Å². The zero-order valence-electron chi connectivity index (χ0n) is 7.63. The highest BCUT2D eigenvalue weighted by atomic mass is 19.1. The molecule has 1 heterocycles. The lowest BCUT2D eigenvalue weighted by Gasteiger charge is -2.22. The molecule has 4 heteroatoms. The average Bonchev–Trinajstić information content (AvgIpc) is 2.04. The highest BCUT2D eigenvalue weighted by molar-refractivity contribution is 5.97. The van der Waals surface area contributed by atoms with E-state index in [2.05, 4.69) is 0 Å². The third-order valence-corrected chi connectivity index (χ3v) is 1.54. The van der Waals surface area contributed by atoms with Gasteiger partial charge in [0.25, 0.3) is 0 Å². The summed E-state index contributed by atoms with van der Waals surface area (Å²) < 4.78 is 12.4. The number of rotatable bonds is 0. The van der Waals surface area contributed by atoms with E-state index >= 15 is 0 Å². The Morgan fingerprint density at radius 3 is 1.92 bits per heavy atom. The van der Waals surface area contributed by atoms with Gasteiger partial charge in [0.1, 0.15) is 6.17 Å². The second kappa shape index (κ2) is 4.85. The van der Waals surface area contributed by atoms with Crippen molar-refractivity contribution in [3.05, 3.63) is 0 Å². The minimum absolute atomic E-state index is 0.151. The first-order chi connectivity index (χ1) is 5.61. The number of likely N-dealkylation sites (tertiary alicyclic amines) is 1. The van der Waals surface area contributed by atoms with Gasteiger partial charge in [0.05, 0.1) is 12.8 Å². The molecule has 1 rings (SSSR count). The Kier molecular flexibility index (Phi) is 4.47. The van der Waals surface area contributed by atoms with Crippen LogP contribution in [0.3, 0.4) is 0 Å². The Morgan fingerprint density at radius 1 is 1.25 bits per heavy atom. The molecule has 0 aliphatic carbocycles. The van der Waals surface area contributed by atoms with Crippen molar-refractivity contribution < 1.29 is 14.0 Å². The van der Waals surface area contributed by atoms with E-state index in [1.54, 1.807) is 0 Å². The molecule has 12 heavy (non-hydrogen) atoms. The molecule has 0 N–H and O–H groups in total. The number of hydrogen-bond donors (Lipinski definition) is 0. The van der Waals surface area contributed by atoms with Crippen LogP contribution in [-0.2, 0) is 9.59 Å². The van der Waals surface area contributed by atoms with Crippen molar-refractivity contribution in [1.29, 1.82) is 0 Å². The lowest BCUT2D eigenvalue weighted by molar-refractivity contribution is -0.148. The first-order valence-electron chi connectivity index (χ1n) is 4.04. The number of alkyl halides is 1. The fourth-order valence-corrected chi connectivity index (χ4v) is 0.864. The van der Waals surface area contributed by atoms with Gasteiger partial charge in [-0.1, -0.05) is 13.8 Å². The predicted octanol–water partition coefficient (Wildman–Crippen LogP) is 1.13. The van der Waals surface area contributed by atoms with Gasteiger partial charge in [0.2, 0.25) is 11.8 Å². The molecule has 0 spiro atoms. The molecule has 70 valence electrons. The molecule has 0 aromatic heterocycles. The Morgan fingerprint density at radius 2 is 1.58 bits per heavy atom. The molecular weight excluding hydrogens is 161 g/mol. The van der Waals surface area contributed by atoms with Crippen molar-refractivity contribution in [3.63, 3.8) is 0 Å². The fraction of sp³-hybridized carbons (Fsp3) is 0.750. The van der Waals surface area contributed by atoms with Crippen molar-refractivity contribution in [3.8, 4) is 0 Å². The summed E-state index contributed by atoms with van der Waals surface area (Å²) in [4.78, 5) is 22.3. The van der Waals surface area contributed by atoms with Crippen molar-refractivity contribution in [2.75, 3.05) is 7.05 Å². The number of hydrogen-bond acceptors (Lipinski definition) is 2. The van der Waals surface area contributed by atoms with Crippen molar-refractivity contribution in [2.24, 2.45) is 0 Å². The van der Waals surface area contributed by atoms with E-state index in [0.717, 1.165) is 4.90 Å². The van der Waals surface area contributed by atoms with Gasteiger partial charge < -0.3 is 0 Å². The van der Waals surface area contributed by atoms with E-state index in [1.165, 1.54) is 7.05 Å². The van der Waals surface area contributed by atoms with Crippen molar-refractivity contribution >= 4 is 11.8 Å². The molecule has 2 amide bonds. The zero-order chi connectivity index (χ0) is 9.72. The number of nitrogens with zero attached hydrogens (tertiary/aromatic N) is 1. The molecule has 0 atom stereocenters. The maximum absolute atomic E-state index is 12.4. The second-order valence-corrected chi connectivity index (χ2v) is 2.35. The van der Waals surface area contributed by atoms with Crippen molar-refractivity contribution in [1.82, 2.24) is 4.90 Å². The number of piperidine rings is 1. The first kappa shape index (κ1) is 11.1. The number of carbonyl (C=O) groups is 2. The standard InChI is InChI=1S/C6H8FNO2.C2H6/c1-8-5(9)2-4(7)3-6(8)10;1-2/h4H,2-3H2,1H3;1-2H3. The molecule has 1 aliphatic rings. The topological polar surface area (TPSA) is 37.4 Å². The molecule has 1 saturated heterocycles. The summed E-state index contributed by atoms with van der Waals surface area (Å²) in [5, 5.41) is 0. The minimum atomic E-state index is -1.27. The van der Waals surface area contributed by atoms with Gasteiger partial charge in [0.15, 0.2) is 0 Å². The summed E-state index contributed by atoms with van der Waals surface area (Å²) >= 11 is 0. The minimum Gasteiger partial charge on any atom is -0.286 e. The zero-order valence-corrected chi connectivity index (χ0v) is 7.63. The highest BCUT2D eigenvalue weighted by Gasteiger charge is 2.29. The second-order valence-electron chi connectivity index (χ2n) is 2.35. The average molecular weight is 175 g/mol. The maximum Gasteiger partial charge on any atom is 0.231 e. The monoisotopic (exact) mass is 175 g/mol. The van der Waals surface area contributed by atoms with Crippen LogP contribution in [0.2, 0.25) is 0 Å². The molecule has 0 aromatic carbocycles. The summed E-state index contributed by atoms with van der Waals surface area (Å²) in [5.41, 5.74) is 0. The van der Waals surface area contributed by atoms with E-state index < -0.39 is 18.0 Å². The smallest absolute Gasteiger partial charge is 0.231 e. The molecule has 0 saturated carbocycles. The van der Waals surface area contributed by atoms with Crippen LogP contribution < -0.4 is 0 Å². The van der Waals surface area contributed by atoms with Crippen LogP contribution in [0.4, 0.5) is 4.39 Å². The van der Waals surface area contributed by atoms with Gasteiger partial charge in [-0.05, 0) is 0 Å². The van der Waals surface area contributed by atoms with Crippen LogP contribution in [0.5, 0.6) is 0 Å². The Labute approximate surface area is 71.5 Å². The molecule has 0 radical (unpaired) electrons. The summed E-state index contributed by atoms with van der Waals surface area (Å²) in [6.45, 7) is 4.00. The van der Waals surface area contributed by atoms with E-state index in [1.807, 2.05) is 13.8 Å². The largest absolute Gasteiger partial charge is 0.286 e. The predicted molar refractivity (Wildman–Crippen MR) is 43.3 cm³/mol. The Hall–Kier alpha value is -0.930. The van der Waals surface area contributed by atoms with Crippen LogP contribution in [0, 0.1) is 0 Å². The summed E-state index contributed by atoms with van der Waals surface area (Å²) in [5.74, 6) is -0.854. The molecule has 0 bridgehead atoms. The van der Waals surface area contributed by atoms with E-state index in [-0.39, 0.29) is 12.8 Å². The van der Waals surface area contributed by atoms with Crippen molar-refractivity contribution in [2.45, 2.75) is 32.9 Å². The van der Waals surface area contributed by atoms with Gasteiger partial charge in [-0.2, -0.15) is 0 Å². The van der Waals surface area contributed by atoms with E-state index in [0.29, 0.717) is 0 Å². The molecule has 3 nitrogen and oxygen atoms in total. The molecular formula is C8H14FNO2. The third-order valence-electron chi connectivity index (χ3n) is 1.54.